The normalized spacial score (nSPS) is 9.00. The van der Waals surface area contributed by atoms with Crippen molar-refractivity contribution in [2.45, 2.75) is 0 Å². The predicted molar refractivity (Wildman–Crippen MR) is 54.7 cm³/mol. The summed E-state index contributed by atoms with van der Waals surface area (Å²) in [5.74, 6) is 0.562. The summed E-state index contributed by atoms with van der Waals surface area (Å²) in [6.45, 7) is 0. The van der Waals surface area contributed by atoms with Gasteiger partial charge in [-0.3, -0.25) is 21.7 Å². The lowest BCUT2D eigenvalue weighted by molar-refractivity contribution is 0.249. The molecule has 0 saturated heterocycles. The Kier molecular flexibility index (Phi) is 3.66. The summed E-state index contributed by atoms with van der Waals surface area (Å²) in [5, 5.41) is 7.29. The van der Waals surface area contributed by atoms with Gasteiger partial charge in [-0.25, -0.2) is 9.59 Å². The van der Waals surface area contributed by atoms with E-state index in [1.807, 2.05) is 0 Å². The molecule has 1 rings (SSSR count). The van der Waals surface area contributed by atoms with Crippen molar-refractivity contribution < 1.29 is 9.59 Å². The monoisotopic (exact) mass is 226 g/mol. The van der Waals surface area contributed by atoms with Gasteiger partial charge in [-0.05, 0) is 12.1 Å². The molecule has 1 aromatic heterocycles. The van der Waals surface area contributed by atoms with E-state index in [4.69, 9.17) is 11.5 Å². The number of hydrogen-bond acceptors (Lipinski definition) is 6. The molecular formula is C6H10N8O2. The molecule has 8 N–H and O–H groups in total. The van der Waals surface area contributed by atoms with Gasteiger partial charge in [0.2, 0.25) is 0 Å². The van der Waals surface area contributed by atoms with E-state index in [-0.39, 0.29) is 11.6 Å². The minimum absolute atomic E-state index is 0.281. The van der Waals surface area contributed by atoms with E-state index in [0.29, 0.717) is 0 Å². The average molecular weight is 226 g/mol. The zero-order valence-electron chi connectivity index (χ0n) is 8.02. The predicted octanol–water partition coefficient (Wildman–Crippen LogP) is -1.53. The van der Waals surface area contributed by atoms with Crippen LogP contribution >= 0.6 is 0 Å². The van der Waals surface area contributed by atoms with Gasteiger partial charge in [0.25, 0.3) is 0 Å². The lowest BCUT2D eigenvalue weighted by atomic mass is 10.5. The molecule has 0 unspecified atom stereocenters. The van der Waals surface area contributed by atoms with Crippen LogP contribution < -0.4 is 33.2 Å². The third kappa shape index (κ3) is 3.95. The number of hydrogen-bond donors (Lipinski definition) is 6. The highest BCUT2D eigenvalue weighted by molar-refractivity contribution is 5.73. The molecule has 0 aliphatic carbocycles. The second-order valence-corrected chi connectivity index (χ2v) is 2.53. The van der Waals surface area contributed by atoms with E-state index in [1.165, 1.54) is 12.1 Å². The zero-order chi connectivity index (χ0) is 12.0. The SMILES string of the molecule is NC(=O)NNc1ccc(NNC(N)=O)nn1. The maximum Gasteiger partial charge on any atom is 0.330 e. The van der Waals surface area contributed by atoms with Gasteiger partial charge in [-0.2, -0.15) is 0 Å². The van der Waals surface area contributed by atoms with Crippen LogP contribution in [0.15, 0.2) is 12.1 Å². The molecule has 4 amide bonds. The quantitative estimate of drug-likeness (QED) is 0.341. The largest absolute Gasteiger partial charge is 0.350 e. The summed E-state index contributed by atoms with van der Waals surface area (Å²) < 4.78 is 0. The number of anilines is 2. The Labute approximate surface area is 89.7 Å². The zero-order valence-corrected chi connectivity index (χ0v) is 8.02. The number of primary amides is 2. The summed E-state index contributed by atoms with van der Waals surface area (Å²) in [6.07, 6.45) is 0. The Morgan fingerprint density at radius 2 is 1.31 bits per heavy atom. The van der Waals surface area contributed by atoms with Crippen LogP contribution in [-0.4, -0.2) is 22.3 Å². The number of aromatic nitrogens is 2. The number of carbonyl (C=O) groups is 2. The Balaban J connectivity index is 2.47. The average Bonchev–Trinajstić information content (AvgIpc) is 2.25. The Bertz CT molecular complexity index is 340. The van der Waals surface area contributed by atoms with E-state index in [9.17, 15) is 9.59 Å². The minimum atomic E-state index is -0.751. The van der Waals surface area contributed by atoms with Gasteiger partial charge < -0.3 is 11.5 Å². The van der Waals surface area contributed by atoms with Crippen LogP contribution in [0.2, 0.25) is 0 Å². The molecule has 1 aromatic rings. The molecule has 0 saturated carbocycles. The Hall–Kier alpha value is -2.78. The second-order valence-electron chi connectivity index (χ2n) is 2.53. The van der Waals surface area contributed by atoms with Crippen molar-refractivity contribution >= 4 is 23.7 Å². The summed E-state index contributed by atoms with van der Waals surface area (Å²) in [7, 11) is 0. The van der Waals surface area contributed by atoms with Crippen molar-refractivity contribution in [3.8, 4) is 0 Å². The summed E-state index contributed by atoms with van der Waals surface area (Å²) in [5.41, 5.74) is 18.6. The van der Waals surface area contributed by atoms with Crippen LogP contribution in [0.3, 0.4) is 0 Å². The third-order valence-corrected chi connectivity index (χ3v) is 1.29. The lowest BCUT2D eigenvalue weighted by Crippen LogP contribution is -2.35. The fraction of sp³-hybridized carbons (Fsp3) is 0. The third-order valence-electron chi connectivity index (χ3n) is 1.29. The van der Waals surface area contributed by atoms with Crippen molar-refractivity contribution in [3.05, 3.63) is 12.1 Å². The highest BCUT2D eigenvalue weighted by atomic mass is 16.2. The molecule has 0 spiro atoms. The topological polar surface area (TPSA) is 160 Å². The van der Waals surface area contributed by atoms with Crippen molar-refractivity contribution in [2.75, 3.05) is 10.9 Å². The molecule has 0 aliphatic heterocycles. The smallest absolute Gasteiger partial charge is 0.330 e. The molecule has 16 heavy (non-hydrogen) atoms. The number of hydrazine groups is 2. The highest BCUT2D eigenvalue weighted by Crippen LogP contribution is 2.03. The van der Waals surface area contributed by atoms with Crippen LogP contribution in [0.1, 0.15) is 0 Å². The first-order chi connectivity index (χ1) is 7.58. The maximum absolute atomic E-state index is 10.3. The van der Waals surface area contributed by atoms with Gasteiger partial charge in [-0.15, -0.1) is 10.2 Å². The number of carbonyl (C=O) groups excluding carboxylic acids is 2. The Morgan fingerprint density at radius 3 is 1.56 bits per heavy atom. The first-order valence-corrected chi connectivity index (χ1v) is 4.04. The molecule has 0 radical (unpaired) electrons. The minimum Gasteiger partial charge on any atom is -0.350 e. The van der Waals surface area contributed by atoms with Crippen LogP contribution in [-0.2, 0) is 0 Å². The standard InChI is InChI=1S/C6H10N8O2/c7-5(15)13-11-3-1-2-4(10-9-3)12-14-6(8)16/h1-2H,(H,9,11)(H,10,12)(H3,7,13,15)(H3,8,14,16). The van der Waals surface area contributed by atoms with E-state index < -0.39 is 12.1 Å². The lowest BCUT2D eigenvalue weighted by Gasteiger charge is -2.06. The van der Waals surface area contributed by atoms with E-state index >= 15 is 0 Å². The summed E-state index contributed by atoms with van der Waals surface area (Å²) in [4.78, 5) is 20.7. The molecule has 86 valence electrons. The fourth-order valence-electron chi connectivity index (χ4n) is 0.717. The molecule has 0 atom stereocenters. The number of nitrogens with zero attached hydrogens (tertiary/aromatic N) is 2. The number of urea groups is 2. The van der Waals surface area contributed by atoms with Crippen LogP contribution in [0.5, 0.6) is 0 Å². The fourth-order valence-corrected chi connectivity index (χ4v) is 0.717. The van der Waals surface area contributed by atoms with Gasteiger partial charge >= 0.3 is 12.1 Å². The van der Waals surface area contributed by atoms with Crippen molar-refractivity contribution in [2.24, 2.45) is 11.5 Å². The van der Waals surface area contributed by atoms with Crippen molar-refractivity contribution in [3.63, 3.8) is 0 Å². The number of nitrogens with two attached hydrogens (primary N) is 2. The second kappa shape index (κ2) is 5.19. The highest BCUT2D eigenvalue weighted by Gasteiger charge is 1.98. The first kappa shape index (κ1) is 11.3. The molecule has 0 bridgehead atoms. The van der Waals surface area contributed by atoms with Crippen molar-refractivity contribution in [1.82, 2.24) is 21.0 Å². The van der Waals surface area contributed by atoms with Crippen LogP contribution in [0.25, 0.3) is 0 Å². The molecule has 0 aliphatic rings. The van der Waals surface area contributed by atoms with E-state index in [0.717, 1.165) is 0 Å². The molecular weight excluding hydrogens is 216 g/mol. The van der Waals surface area contributed by atoms with Crippen LogP contribution in [0, 0.1) is 0 Å². The molecule has 0 aromatic carbocycles. The van der Waals surface area contributed by atoms with Gasteiger partial charge in [0.05, 0.1) is 0 Å². The van der Waals surface area contributed by atoms with Crippen molar-refractivity contribution in [1.29, 1.82) is 0 Å². The van der Waals surface area contributed by atoms with E-state index in [2.05, 4.69) is 31.9 Å². The van der Waals surface area contributed by atoms with Gasteiger partial charge in [0, 0.05) is 0 Å². The molecule has 1 heterocycles. The Morgan fingerprint density at radius 1 is 0.938 bits per heavy atom. The summed E-state index contributed by atoms with van der Waals surface area (Å²) >= 11 is 0. The van der Waals surface area contributed by atoms with Gasteiger partial charge in [0.1, 0.15) is 0 Å². The number of rotatable bonds is 4. The number of nitrogens with one attached hydrogen (secondary N) is 4. The maximum atomic E-state index is 10.3. The van der Waals surface area contributed by atoms with Crippen LogP contribution in [0.4, 0.5) is 21.2 Å². The molecule has 10 heteroatoms. The van der Waals surface area contributed by atoms with E-state index in [1.54, 1.807) is 0 Å². The molecule has 0 fully saturated rings. The summed E-state index contributed by atoms with van der Waals surface area (Å²) in [6, 6.07) is 1.49. The first-order valence-electron chi connectivity index (χ1n) is 4.04. The van der Waals surface area contributed by atoms with Gasteiger partial charge in [-0.1, -0.05) is 0 Å². The number of amides is 4. The molecule has 10 nitrogen and oxygen atoms in total. The van der Waals surface area contributed by atoms with Gasteiger partial charge in [0.15, 0.2) is 11.6 Å².